The molecule has 10 heavy (non-hydrogen) atoms. The van der Waals surface area contributed by atoms with Crippen LogP contribution in [-0.4, -0.2) is 17.2 Å². The Balaban J connectivity index is 2.25. The molecule has 0 aromatic heterocycles. The molecule has 1 aliphatic rings. The van der Waals surface area contributed by atoms with E-state index in [0.717, 1.165) is 12.8 Å². The fourth-order valence-corrected chi connectivity index (χ4v) is 0.966. The molecule has 0 saturated heterocycles. The number of carboxylic acids is 1. The lowest BCUT2D eigenvalue weighted by atomic mass is 10.2. The van der Waals surface area contributed by atoms with Crippen molar-refractivity contribution >= 4 is 5.97 Å². The van der Waals surface area contributed by atoms with Gasteiger partial charge in [0.25, 0.3) is 0 Å². The summed E-state index contributed by atoms with van der Waals surface area (Å²) in [7, 11) is 0. The van der Waals surface area contributed by atoms with Gasteiger partial charge in [-0.3, -0.25) is 4.79 Å². The molecule has 0 aromatic carbocycles. The molecule has 1 saturated carbocycles. The first-order valence-corrected chi connectivity index (χ1v) is 3.31. The number of carboxylic acid groups (broad SMARTS) is 1. The van der Waals surface area contributed by atoms with Crippen molar-refractivity contribution in [3.63, 3.8) is 0 Å². The van der Waals surface area contributed by atoms with E-state index < -0.39 is 5.97 Å². The summed E-state index contributed by atoms with van der Waals surface area (Å²) in [5, 5.41) is 8.36. The fraction of sp³-hybridized carbons (Fsp3) is 0.833. The van der Waals surface area contributed by atoms with Gasteiger partial charge in [-0.2, -0.15) is 0 Å². The van der Waals surface area contributed by atoms with Crippen LogP contribution < -0.4 is 5.90 Å². The molecular weight excluding hydrogens is 134 g/mol. The first-order chi connectivity index (χ1) is 4.74. The zero-order valence-electron chi connectivity index (χ0n) is 5.62. The summed E-state index contributed by atoms with van der Waals surface area (Å²) in [5.74, 6) is 4.44. The molecule has 0 spiro atoms. The molecule has 1 unspecified atom stereocenters. The molecule has 0 heterocycles. The van der Waals surface area contributed by atoms with E-state index in [1.54, 1.807) is 0 Å². The van der Waals surface area contributed by atoms with Crippen LogP contribution in [0.2, 0.25) is 0 Å². The topological polar surface area (TPSA) is 72.5 Å². The molecule has 4 nitrogen and oxygen atoms in total. The lowest BCUT2D eigenvalue weighted by Gasteiger charge is -2.08. The Labute approximate surface area is 58.9 Å². The SMILES string of the molecule is NOC(CC(=O)O)C1CC1. The standard InChI is InChI=1S/C6H11NO3/c7-10-5(3-6(8)9)4-1-2-4/h4-5H,1-3,7H2,(H,8,9). The molecule has 1 aliphatic carbocycles. The largest absolute Gasteiger partial charge is 0.481 e. The van der Waals surface area contributed by atoms with E-state index in [1.165, 1.54) is 0 Å². The maximum atomic E-state index is 10.2. The van der Waals surface area contributed by atoms with Crippen molar-refractivity contribution in [2.45, 2.75) is 25.4 Å². The molecule has 3 N–H and O–H groups in total. The minimum atomic E-state index is -0.845. The van der Waals surface area contributed by atoms with Crippen molar-refractivity contribution in [3.05, 3.63) is 0 Å². The van der Waals surface area contributed by atoms with Crippen LogP contribution in [0.4, 0.5) is 0 Å². The monoisotopic (exact) mass is 145 g/mol. The van der Waals surface area contributed by atoms with E-state index in [9.17, 15) is 4.79 Å². The van der Waals surface area contributed by atoms with E-state index in [-0.39, 0.29) is 12.5 Å². The van der Waals surface area contributed by atoms with Gasteiger partial charge in [0.1, 0.15) is 0 Å². The summed E-state index contributed by atoms with van der Waals surface area (Å²) in [6.07, 6.45) is 1.86. The van der Waals surface area contributed by atoms with Crippen LogP contribution in [0.25, 0.3) is 0 Å². The van der Waals surface area contributed by atoms with Crippen LogP contribution in [0.1, 0.15) is 19.3 Å². The maximum absolute atomic E-state index is 10.2. The fourth-order valence-electron chi connectivity index (χ4n) is 0.966. The van der Waals surface area contributed by atoms with Gasteiger partial charge in [-0.25, -0.2) is 5.90 Å². The van der Waals surface area contributed by atoms with Crippen LogP contribution in [0.15, 0.2) is 0 Å². The Morgan fingerprint density at radius 3 is 2.70 bits per heavy atom. The van der Waals surface area contributed by atoms with Gasteiger partial charge in [-0.15, -0.1) is 0 Å². The number of hydrogen-bond donors (Lipinski definition) is 2. The van der Waals surface area contributed by atoms with Gasteiger partial charge >= 0.3 is 5.97 Å². The Kier molecular flexibility index (Phi) is 2.24. The molecule has 0 aromatic rings. The van der Waals surface area contributed by atoms with E-state index in [0.29, 0.717) is 5.92 Å². The van der Waals surface area contributed by atoms with Gasteiger partial charge in [0.05, 0.1) is 12.5 Å². The Hall–Kier alpha value is -0.610. The highest BCUT2D eigenvalue weighted by Gasteiger charge is 2.33. The van der Waals surface area contributed by atoms with Crippen LogP contribution >= 0.6 is 0 Å². The molecule has 0 bridgehead atoms. The first kappa shape index (κ1) is 7.50. The number of aliphatic carboxylic acids is 1. The quantitative estimate of drug-likeness (QED) is 0.551. The predicted octanol–water partition coefficient (Wildman–Crippen LogP) is 0.130. The molecule has 1 rings (SSSR count). The Morgan fingerprint density at radius 2 is 2.40 bits per heavy atom. The summed E-state index contributed by atoms with van der Waals surface area (Å²) in [4.78, 5) is 14.7. The molecule has 1 atom stereocenters. The van der Waals surface area contributed by atoms with E-state index >= 15 is 0 Å². The van der Waals surface area contributed by atoms with Gasteiger partial charge < -0.3 is 9.94 Å². The third-order valence-electron chi connectivity index (χ3n) is 1.70. The third-order valence-corrected chi connectivity index (χ3v) is 1.70. The Bertz CT molecular complexity index is 133. The van der Waals surface area contributed by atoms with Crippen LogP contribution in [0.3, 0.4) is 0 Å². The zero-order valence-corrected chi connectivity index (χ0v) is 5.62. The van der Waals surface area contributed by atoms with E-state index in [1.807, 2.05) is 0 Å². The lowest BCUT2D eigenvalue weighted by molar-refractivity contribution is -0.140. The molecule has 4 heteroatoms. The highest BCUT2D eigenvalue weighted by atomic mass is 16.6. The van der Waals surface area contributed by atoms with Crippen LogP contribution in [0, 0.1) is 5.92 Å². The smallest absolute Gasteiger partial charge is 0.306 e. The Morgan fingerprint density at radius 1 is 1.80 bits per heavy atom. The number of rotatable bonds is 4. The van der Waals surface area contributed by atoms with Gasteiger partial charge in [-0.05, 0) is 18.8 Å². The van der Waals surface area contributed by atoms with Crippen molar-refractivity contribution in [2.75, 3.05) is 0 Å². The van der Waals surface area contributed by atoms with Crippen LogP contribution in [0.5, 0.6) is 0 Å². The van der Waals surface area contributed by atoms with Gasteiger partial charge in [0.2, 0.25) is 0 Å². The lowest BCUT2D eigenvalue weighted by Crippen LogP contribution is -2.22. The second-order valence-corrected chi connectivity index (χ2v) is 2.61. The van der Waals surface area contributed by atoms with Crippen molar-refractivity contribution in [3.8, 4) is 0 Å². The van der Waals surface area contributed by atoms with Crippen LogP contribution in [-0.2, 0) is 9.63 Å². The van der Waals surface area contributed by atoms with Gasteiger partial charge in [0.15, 0.2) is 0 Å². The predicted molar refractivity (Wildman–Crippen MR) is 34.0 cm³/mol. The zero-order chi connectivity index (χ0) is 7.56. The summed E-state index contributed by atoms with van der Waals surface area (Å²) in [6.45, 7) is 0. The highest BCUT2D eigenvalue weighted by Crippen LogP contribution is 2.34. The molecule has 1 fully saturated rings. The van der Waals surface area contributed by atoms with Crippen molar-refractivity contribution in [1.29, 1.82) is 0 Å². The average Bonchev–Trinajstić information content (AvgIpc) is 2.63. The second kappa shape index (κ2) is 2.98. The highest BCUT2D eigenvalue weighted by molar-refractivity contribution is 5.67. The molecule has 58 valence electrons. The molecular formula is C6H11NO3. The maximum Gasteiger partial charge on any atom is 0.306 e. The minimum absolute atomic E-state index is 0.0289. The molecule has 0 radical (unpaired) electrons. The number of carbonyl (C=O) groups is 1. The number of nitrogens with two attached hydrogens (primary N) is 1. The van der Waals surface area contributed by atoms with Crippen molar-refractivity contribution in [2.24, 2.45) is 11.8 Å². The van der Waals surface area contributed by atoms with Crippen molar-refractivity contribution in [1.82, 2.24) is 0 Å². The van der Waals surface area contributed by atoms with E-state index in [2.05, 4.69) is 4.84 Å². The number of hydrogen-bond acceptors (Lipinski definition) is 3. The minimum Gasteiger partial charge on any atom is -0.481 e. The summed E-state index contributed by atoms with van der Waals surface area (Å²) in [6, 6.07) is 0. The summed E-state index contributed by atoms with van der Waals surface area (Å²) in [5.41, 5.74) is 0. The third kappa shape index (κ3) is 1.97. The van der Waals surface area contributed by atoms with E-state index in [4.69, 9.17) is 11.0 Å². The molecule has 0 amide bonds. The first-order valence-electron chi connectivity index (χ1n) is 3.31. The van der Waals surface area contributed by atoms with Gasteiger partial charge in [0, 0.05) is 0 Å². The van der Waals surface area contributed by atoms with Crippen molar-refractivity contribution < 1.29 is 14.7 Å². The van der Waals surface area contributed by atoms with Gasteiger partial charge in [-0.1, -0.05) is 0 Å². The second-order valence-electron chi connectivity index (χ2n) is 2.61. The summed E-state index contributed by atoms with van der Waals surface area (Å²) >= 11 is 0. The summed E-state index contributed by atoms with van der Waals surface area (Å²) < 4.78 is 0. The average molecular weight is 145 g/mol. The normalized spacial score (nSPS) is 20.5. The molecule has 0 aliphatic heterocycles.